The molecule has 0 amide bonds. The van der Waals surface area contributed by atoms with Crippen LogP contribution in [-0.2, 0) is 0 Å². The molecule has 1 atom stereocenters. The Morgan fingerprint density at radius 2 is 2.00 bits per heavy atom. The van der Waals surface area contributed by atoms with Crippen molar-refractivity contribution in [2.24, 2.45) is 0 Å². The smallest absolute Gasteiger partial charge is 0.145 e. The number of nitrogens with one attached hydrogen (secondary N) is 1. The number of nitrogens with zero attached hydrogens (tertiary/aromatic N) is 2. The van der Waals surface area contributed by atoms with Crippen LogP contribution >= 0.6 is 15.9 Å². The van der Waals surface area contributed by atoms with Crippen molar-refractivity contribution in [3.05, 3.63) is 47.0 Å². The highest BCUT2D eigenvalue weighted by molar-refractivity contribution is 9.10. The van der Waals surface area contributed by atoms with Crippen LogP contribution in [0.2, 0.25) is 0 Å². The monoisotopic (exact) mass is 303 g/mol. The van der Waals surface area contributed by atoms with Crippen molar-refractivity contribution in [2.75, 3.05) is 6.54 Å². The number of rotatable bonds is 2. The van der Waals surface area contributed by atoms with Crippen molar-refractivity contribution in [3.8, 4) is 11.1 Å². The van der Waals surface area contributed by atoms with E-state index in [0.29, 0.717) is 6.04 Å². The molecular formula is C14H14BrN3. The maximum absolute atomic E-state index is 4.48. The molecule has 1 unspecified atom stereocenters. The summed E-state index contributed by atoms with van der Waals surface area (Å²) in [7, 11) is 0. The van der Waals surface area contributed by atoms with Crippen molar-refractivity contribution in [1.82, 2.24) is 15.3 Å². The minimum Gasteiger partial charge on any atom is -0.307 e. The third-order valence-electron chi connectivity index (χ3n) is 3.20. The lowest BCUT2D eigenvalue weighted by atomic mass is 10.1. The number of halogens is 1. The normalized spacial score (nSPS) is 19.1. The van der Waals surface area contributed by atoms with Crippen LogP contribution in [-0.4, -0.2) is 16.5 Å². The lowest BCUT2D eigenvalue weighted by Crippen LogP contribution is -2.15. The Hall–Kier alpha value is -1.26. The van der Waals surface area contributed by atoms with E-state index in [9.17, 15) is 0 Å². The van der Waals surface area contributed by atoms with E-state index in [2.05, 4.69) is 43.3 Å². The minimum absolute atomic E-state index is 0.335. The van der Waals surface area contributed by atoms with Gasteiger partial charge in [0.05, 0.1) is 6.04 Å². The molecule has 1 aromatic carbocycles. The van der Waals surface area contributed by atoms with Crippen molar-refractivity contribution >= 4 is 15.9 Å². The summed E-state index contributed by atoms with van der Waals surface area (Å²) in [5.41, 5.74) is 2.19. The van der Waals surface area contributed by atoms with Crippen molar-refractivity contribution in [2.45, 2.75) is 18.9 Å². The van der Waals surface area contributed by atoms with E-state index in [1.807, 2.05) is 24.5 Å². The van der Waals surface area contributed by atoms with Gasteiger partial charge < -0.3 is 5.32 Å². The Kier molecular flexibility index (Phi) is 3.39. The van der Waals surface area contributed by atoms with Gasteiger partial charge in [0.25, 0.3) is 0 Å². The first-order chi connectivity index (χ1) is 8.83. The van der Waals surface area contributed by atoms with Gasteiger partial charge in [0, 0.05) is 22.4 Å². The van der Waals surface area contributed by atoms with Gasteiger partial charge in [0.15, 0.2) is 0 Å². The second-order valence-corrected chi connectivity index (χ2v) is 5.40. The molecule has 1 saturated heterocycles. The standard InChI is InChI=1S/C14H14BrN3/c15-12-4-1-3-10(7-12)11-8-17-14(18-9-11)13-5-2-6-16-13/h1,3-4,7-9,13,16H,2,5-6H2. The van der Waals surface area contributed by atoms with Gasteiger partial charge >= 0.3 is 0 Å². The second kappa shape index (κ2) is 5.16. The van der Waals surface area contributed by atoms with Gasteiger partial charge in [-0.05, 0) is 37.1 Å². The minimum atomic E-state index is 0.335. The quantitative estimate of drug-likeness (QED) is 0.925. The third kappa shape index (κ3) is 2.44. The molecule has 0 bridgehead atoms. The Balaban J connectivity index is 1.86. The van der Waals surface area contributed by atoms with Gasteiger partial charge in [0.2, 0.25) is 0 Å². The molecule has 2 heterocycles. The molecule has 18 heavy (non-hydrogen) atoms. The SMILES string of the molecule is Brc1cccc(-c2cnc(C3CCCN3)nc2)c1. The van der Waals surface area contributed by atoms with E-state index in [4.69, 9.17) is 0 Å². The molecule has 2 aromatic rings. The van der Waals surface area contributed by atoms with Crippen molar-refractivity contribution in [3.63, 3.8) is 0 Å². The second-order valence-electron chi connectivity index (χ2n) is 4.49. The van der Waals surface area contributed by atoms with Crippen LogP contribution in [0.1, 0.15) is 24.7 Å². The van der Waals surface area contributed by atoms with Gasteiger partial charge in [-0.3, -0.25) is 0 Å². The van der Waals surface area contributed by atoms with Crippen LogP contribution in [0.3, 0.4) is 0 Å². The largest absolute Gasteiger partial charge is 0.307 e. The van der Waals surface area contributed by atoms with E-state index >= 15 is 0 Å². The first-order valence-corrected chi connectivity index (χ1v) is 6.93. The highest BCUT2D eigenvalue weighted by atomic mass is 79.9. The van der Waals surface area contributed by atoms with Gasteiger partial charge in [0.1, 0.15) is 5.82 Å². The van der Waals surface area contributed by atoms with Crippen LogP contribution in [0.15, 0.2) is 41.1 Å². The topological polar surface area (TPSA) is 37.8 Å². The lowest BCUT2D eigenvalue weighted by Gasteiger charge is -2.09. The van der Waals surface area contributed by atoms with Crippen LogP contribution < -0.4 is 5.32 Å². The summed E-state index contributed by atoms with van der Waals surface area (Å²) in [6, 6.07) is 8.51. The Morgan fingerprint density at radius 3 is 2.67 bits per heavy atom. The fourth-order valence-corrected chi connectivity index (χ4v) is 2.64. The third-order valence-corrected chi connectivity index (χ3v) is 3.70. The van der Waals surface area contributed by atoms with Gasteiger partial charge in [-0.25, -0.2) is 9.97 Å². The molecular weight excluding hydrogens is 290 g/mol. The number of hydrogen-bond acceptors (Lipinski definition) is 3. The molecule has 4 heteroatoms. The van der Waals surface area contributed by atoms with Crippen LogP contribution in [0.25, 0.3) is 11.1 Å². The van der Waals surface area contributed by atoms with E-state index in [1.165, 1.54) is 6.42 Å². The molecule has 0 saturated carbocycles. The highest BCUT2D eigenvalue weighted by Gasteiger charge is 2.18. The predicted octanol–water partition coefficient (Wildman–Crippen LogP) is 3.33. The van der Waals surface area contributed by atoms with Gasteiger partial charge in [-0.1, -0.05) is 28.1 Å². The van der Waals surface area contributed by atoms with Crippen molar-refractivity contribution in [1.29, 1.82) is 0 Å². The summed E-state index contributed by atoms with van der Waals surface area (Å²) >= 11 is 3.48. The Morgan fingerprint density at radius 1 is 1.17 bits per heavy atom. The molecule has 1 aromatic heterocycles. The molecule has 1 fully saturated rings. The summed E-state index contributed by atoms with van der Waals surface area (Å²) in [5, 5.41) is 3.41. The number of benzene rings is 1. The molecule has 1 aliphatic rings. The van der Waals surface area contributed by atoms with Crippen LogP contribution in [0, 0.1) is 0 Å². The summed E-state index contributed by atoms with van der Waals surface area (Å²) in [6.45, 7) is 1.07. The van der Waals surface area contributed by atoms with E-state index < -0.39 is 0 Å². The lowest BCUT2D eigenvalue weighted by molar-refractivity contribution is 0.605. The molecule has 0 spiro atoms. The summed E-state index contributed by atoms with van der Waals surface area (Å²) in [6.07, 6.45) is 6.16. The molecule has 3 rings (SSSR count). The average Bonchev–Trinajstić information content (AvgIpc) is 2.93. The molecule has 0 radical (unpaired) electrons. The maximum atomic E-state index is 4.48. The summed E-state index contributed by atoms with van der Waals surface area (Å²) in [4.78, 5) is 8.96. The van der Waals surface area contributed by atoms with Gasteiger partial charge in [-0.2, -0.15) is 0 Å². The van der Waals surface area contributed by atoms with Crippen LogP contribution in [0.4, 0.5) is 0 Å². The molecule has 1 aliphatic heterocycles. The first-order valence-electron chi connectivity index (χ1n) is 6.14. The zero-order chi connectivity index (χ0) is 12.4. The number of hydrogen-bond donors (Lipinski definition) is 1. The highest BCUT2D eigenvalue weighted by Crippen LogP contribution is 2.24. The van der Waals surface area contributed by atoms with Crippen LogP contribution in [0.5, 0.6) is 0 Å². The molecule has 92 valence electrons. The Labute approximate surface area is 115 Å². The zero-order valence-corrected chi connectivity index (χ0v) is 11.5. The zero-order valence-electron chi connectivity index (χ0n) is 9.94. The van der Waals surface area contributed by atoms with E-state index in [-0.39, 0.29) is 0 Å². The predicted molar refractivity (Wildman–Crippen MR) is 75.1 cm³/mol. The number of aromatic nitrogens is 2. The van der Waals surface area contributed by atoms with Crippen molar-refractivity contribution < 1.29 is 0 Å². The summed E-state index contributed by atoms with van der Waals surface area (Å²) < 4.78 is 1.07. The maximum Gasteiger partial charge on any atom is 0.145 e. The fourth-order valence-electron chi connectivity index (χ4n) is 2.24. The molecule has 1 N–H and O–H groups in total. The average molecular weight is 304 g/mol. The van der Waals surface area contributed by atoms with Gasteiger partial charge in [-0.15, -0.1) is 0 Å². The fraction of sp³-hybridized carbons (Fsp3) is 0.286. The molecule has 3 nitrogen and oxygen atoms in total. The first kappa shape index (κ1) is 11.8. The Bertz CT molecular complexity index is 533. The van der Waals surface area contributed by atoms with E-state index in [0.717, 1.165) is 34.4 Å². The molecule has 0 aliphatic carbocycles. The summed E-state index contributed by atoms with van der Waals surface area (Å²) in [5.74, 6) is 0.909. The van der Waals surface area contributed by atoms with E-state index in [1.54, 1.807) is 0 Å².